The van der Waals surface area contributed by atoms with Gasteiger partial charge >= 0.3 is 0 Å². The van der Waals surface area contributed by atoms with Crippen molar-refractivity contribution in [3.05, 3.63) is 58.6 Å². The number of fused-ring (bicyclic) bond motifs is 1. The second kappa shape index (κ2) is 5.81. The highest BCUT2D eigenvalue weighted by atomic mass is 35.5. The molecule has 1 unspecified atom stereocenters. The lowest BCUT2D eigenvalue weighted by molar-refractivity contribution is 0.441. The number of rotatable bonds is 2. The first-order valence-electron chi connectivity index (χ1n) is 7.52. The highest BCUT2D eigenvalue weighted by Gasteiger charge is 2.29. The summed E-state index contributed by atoms with van der Waals surface area (Å²) in [7, 11) is 0. The Morgan fingerprint density at radius 2 is 2.00 bits per heavy atom. The molecule has 23 heavy (non-hydrogen) atoms. The Bertz CT molecular complexity index is 780. The molecule has 0 aromatic heterocycles. The Morgan fingerprint density at radius 3 is 2.65 bits per heavy atom. The first kappa shape index (κ1) is 16.3. The molecule has 1 aliphatic heterocycles. The van der Waals surface area contributed by atoms with Crippen LogP contribution in [0.3, 0.4) is 0 Å². The fourth-order valence-electron chi connectivity index (χ4n) is 2.73. The zero-order valence-electron chi connectivity index (χ0n) is 13.5. The Morgan fingerprint density at radius 1 is 1.26 bits per heavy atom. The number of hydrogen-bond donors (Lipinski definition) is 2. The number of nitrogens with one attached hydrogen (secondary N) is 1. The molecule has 0 saturated heterocycles. The van der Waals surface area contributed by atoms with Gasteiger partial charge in [0, 0.05) is 21.0 Å². The maximum Gasteiger partial charge on any atom is 0.125 e. The predicted octanol–water partition coefficient (Wildman–Crippen LogP) is 6.20. The fraction of sp³-hybridized carbons (Fsp3) is 0.263. The van der Waals surface area contributed by atoms with Gasteiger partial charge in [-0.15, -0.1) is 0 Å². The molecule has 0 fully saturated rings. The van der Waals surface area contributed by atoms with Crippen LogP contribution in [0.1, 0.15) is 42.8 Å². The molecule has 2 N–H and O–H groups in total. The van der Waals surface area contributed by atoms with E-state index in [1.807, 2.05) is 36.4 Å². The third-order valence-corrected chi connectivity index (χ3v) is 5.41. The molecule has 0 amide bonds. The normalized spacial score (nSPS) is 16.8. The van der Waals surface area contributed by atoms with Gasteiger partial charge in [0.15, 0.2) is 0 Å². The van der Waals surface area contributed by atoms with Gasteiger partial charge in [0.2, 0.25) is 0 Å². The molecule has 0 aliphatic carbocycles. The van der Waals surface area contributed by atoms with Crippen LogP contribution in [-0.4, -0.2) is 5.11 Å². The van der Waals surface area contributed by atoms with E-state index in [9.17, 15) is 5.11 Å². The summed E-state index contributed by atoms with van der Waals surface area (Å²) < 4.78 is 0. The number of aromatic hydroxyl groups is 1. The Hall–Kier alpha value is -1.58. The van der Waals surface area contributed by atoms with Crippen molar-refractivity contribution in [2.24, 2.45) is 0 Å². The van der Waals surface area contributed by atoms with Crippen molar-refractivity contribution in [1.82, 2.24) is 0 Å². The number of phenols is 1. The molecule has 1 heterocycles. The summed E-state index contributed by atoms with van der Waals surface area (Å²) in [6, 6.07) is 9.82. The average Bonchev–Trinajstić information content (AvgIpc) is 2.89. The lowest BCUT2D eigenvalue weighted by Crippen LogP contribution is -2.14. The Kier molecular flexibility index (Phi) is 4.11. The van der Waals surface area contributed by atoms with E-state index >= 15 is 0 Å². The number of thioether (sulfide) groups is 1. The summed E-state index contributed by atoms with van der Waals surface area (Å²) in [5.74, 6) is 0.354. The van der Waals surface area contributed by atoms with E-state index in [1.54, 1.807) is 11.8 Å². The van der Waals surface area contributed by atoms with Crippen LogP contribution in [0.15, 0.2) is 41.8 Å². The maximum absolute atomic E-state index is 10.8. The molecule has 0 spiro atoms. The molecule has 2 nitrogen and oxygen atoms in total. The lowest BCUT2D eigenvalue weighted by Gasteiger charge is -2.24. The van der Waals surface area contributed by atoms with Crippen molar-refractivity contribution < 1.29 is 5.11 Å². The molecule has 0 radical (unpaired) electrons. The number of benzene rings is 2. The molecule has 4 heteroatoms. The van der Waals surface area contributed by atoms with E-state index in [1.165, 1.54) is 0 Å². The van der Waals surface area contributed by atoms with E-state index in [0.29, 0.717) is 10.8 Å². The van der Waals surface area contributed by atoms with E-state index in [-0.39, 0.29) is 10.8 Å². The molecular formula is C19H20ClNOS. The van der Waals surface area contributed by atoms with Gasteiger partial charge in [-0.2, -0.15) is 0 Å². The van der Waals surface area contributed by atoms with Crippen LogP contribution in [0.2, 0.25) is 5.02 Å². The van der Waals surface area contributed by atoms with Gasteiger partial charge < -0.3 is 10.4 Å². The highest BCUT2D eigenvalue weighted by molar-refractivity contribution is 8.00. The van der Waals surface area contributed by atoms with Gasteiger partial charge in [-0.05, 0) is 41.3 Å². The third-order valence-electron chi connectivity index (χ3n) is 3.96. The van der Waals surface area contributed by atoms with Crippen LogP contribution < -0.4 is 5.32 Å². The second-order valence-electron chi connectivity index (χ2n) is 6.74. The first-order valence-corrected chi connectivity index (χ1v) is 8.78. The molecule has 1 atom stereocenters. The molecule has 2 aromatic rings. The Balaban J connectivity index is 2.06. The van der Waals surface area contributed by atoms with Crippen molar-refractivity contribution >= 4 is 35.1 Å². The van der Waals surface area contributed by atoms with Crippen LogP contribution in [0, 0.1) is 0 Å². The van der Waals surface area contributed by atoms with E-state index in [0.717, 1.165) is 27.3 Å². The molecule has 0 bridgehead atoms. The largest absolute Gasteiger partial charge is 0.507 e. The molecule has 0 saturated carbocycles. The van der Waals surface area contributed by atoms with Crippen LogP contribution in [0.5, 0.6) is 5.75 Å². The van der Waals surface area contributed by atoms with Crippen LogP contribution in [0.4, 0.5) is 5.69 Å². The minimum absolute atomic E-state index is 0.0375. The smallest absolute Gasteiger partial charge is 0.125 e. The average molecular weight is 346 g/mol. The van der Waals surface area contributed by atoms with Crippen molar-refractivity contribution in [2.45, 2.75) is 36.5 Å². The standard InChI is InChI=1S/C19H20ClNOS/c1-5-11-8-13(17(22)14(9-11)19(2,3)4)18-21-15-10-12(20)6-7-16(15)23-18/h5-10,18,21-22H,1H2,2-4H3. The molecule has 120 valence electrons. The van der Waals surface area contributed by atoms with E-state index in [4.69, 9.17) is 11.6 Å². The number of hydrogen-bond acceptors (Lipinski definition) is 3. The van der Waals surface area contributed by atoms with Crippen LogP contribution >= 0.6 is 23.4 Å². The van der Waals surface area contributed by atoms with Crippen LogP contribution in [-0.2, 0) is 5.41 Å². The minimum Gasteiger partial charge on any atom is -0.507 e. The van der Waals surface area contributed by atoms with Crippen LogP contribution in [0.25, 0.3) is 6.08 Å². The molecular weight excluding hydrogens is 326 g/mol. The second-order valence-corrected chi connectivity index (χ2v) is 8.33. The van der Waals surface area contributed by atoms with E-state index < -0.39 is 0 Å². The van der Waals surface area contributed by atoms with Gasteiger partial charge in [-0.3, -0.25) is 0 Å². The summed E-state index contributed by atoms with van der Waals surface area (Å²) in [6.07, 6.45) is 1.82. The SMILES string of the molecule is C=Cc1cc(C2Nc3cc(Cl)ccc3S2)c(O)c(C(C)(C)C)c1. The van der Waals surface area contributed by atoms with Gasteiger partial charge in [-0.25, -0.2) is 0 Å². The summed E-state index contributed by atoms with van der Waals surface area (Å²) in [5, 5.41) is 14.9. The van der Waals surface area contributed by atoms with Gasteiger partial charge in [-0.1, -0.05) is 56.8 Å². The third kappa shape index (κ3) is 3.08. The number of phenolic OH excluding ortho intramolecular Hbond substituents is 1. The number of halogens is 1. The summed E-state index contributed by atoms with van der Waals surface area (Å²) in [5.41, 5.74) is 3.69. The van der Waals surface area contributed by atoms with E-state index in [2.05, 4.69) is 32.7 Å². The quantitative estimate of drug-likeness (QED) is 0.679. The highest BCUT2D eigenvalue weighted by Crippen LogP contribution is 2.50. The van der Waals surface area contributed by atoms with Gasteiger partial charge in [0.25, 0.3) is 0 Å². The summed E-state index contributed by atoms with van der Waals surface area (Å²) in [4.78, 5) is 1.14. The van der Waals surface area contributed by atoms with Gasteiger partial charge in [0.05, 0.1) is 5.69 Å². The van der Waals surface area contributed by atoms with Crippen molar-refractivity contribution in [2.75, 3.05) is 5.32 Å². The Labute approximate surface area is 146 Å². The monoisotopic (exact) mass is 345 g/mol. The number of anilines is 1. The first-order chi connectivity index (χ1) is 10.8. The zero-order valence-corrected chi connectivity index (χ0v) is 15.1. The summed E-state index contributed by atoms with van der Waals surface area (Å²) in [6.45, 7) is 10.2. The molecule has 1 aliphatic rings. The fourth-order valence-corrected chi connectivity index (χ4v) is 4.04. The summed E-state index contributed by atoms with van der Waals surface area (Å²) >= 11 is 7.76. The topological polar surface area (TPSA) is 32.3 Å². The molecule has 2 aromatic carbocycles. The zero-order chi connectivity index (χ0) is 16.8. The lowest BCUT2D eigenvalue weighted by atomic mass is 9.84. The maximum atomic E-state index is 10.8. The van der Waals surface area contributed by atoms with Crippen molar-refractivity contribution in [3.63, 3.8) is 0 Å². The predicted molar refractivity (Wildman–Crippen MR) is 101 cm³/mol. The van der Waals surface area contributed by atoms with Crippen molar-refractivity contribution in [1.29, 1.82) is 0 Å². The minimum atomic E-state index is -0.142. The molecule has 3 rings (SSSR count). The van der Waals surface area contributed by atoms with Gasteiger partial charge in [0.1, 0.15) is 11.1 Å². The van der Waals surface area contributed by atoms with Crippen molar-refractivity contribution in [3.8, 4) is 5.75 Å².